The maximum absolute atomic E-state index is 12.3. The van der Waals surface area contributed by atoms with E-state index in [1.54, 1.807) is 48.1 Å². The average molecular weight is 286 g/mol. The molecule has 2 aromatic rings. The first-order chi connectivity index (χ1) is 10.1. The van der Waals surface area contributed by atoms with Gasteiger partial charge < -0.3 is 4.74 Å². The smallest absolute Gasteiger partial charge is 0.331 e. The van der Waals surface area contributed by atoms with Crippen molar-refractivity contribution in [1.29, 1.82) is 0 Å². The van der Waals surface area contributed by atoms with Crippen LogP contribution in [0.5, 0.6) is 0 Å². The van der Waals surface area contributed by atoms with Gasteiger partial charge in [-0.2, -0.15) is 5.10 Å². The van der Waals surface area contributed by atoms with Gasteiger partial charge in [0.25, 0.3) is 0 Å². The third-order valence-electron chi connectivity index (χ3n) is 3.20. The Morgan fingerprint density at radius 3 is 2.52 bits per heavy atom. The number of aromatic nitrogens is 2. The molecule has 21 heavy (non-hydrogen) atoms. The summed E-state index contributed by atoms with van der Waals surface area (Å²) in [6, 6.07) is 9.97. The molecular weight excluding hydrogens is 268 g/mol. The molecule has 0 radical (unpaired) electrons. The zero-order valence-corrected chi connectivity index (χ0v) is 12.2. The van der Waals surface area contributed by atoms with Gasteiger partial charge in [-0.1, -0.05) is 30.3 Å². The first-order valence-corrected chi connectivity index (χ1v) is 6.88. The summed E-state index contributed by atoms with van der Waals surface area (Å²) in [6.07, 6.45) is 1.64. The van der Waals surface area contributed by atoms with Crippen LogP contribution in [0, 0.1) is 6.92 Å². The van der Waals surface area contributed by atoms with Crippen LogP contribution < -0.4 is 0 Å². The molecule has 5 heteroatoms. The highest BCUT2D eigenvalue weighted by atomic mass is 16.5. The fraction of sp³-hybridized carbons (Fsp3) is 0.312. The molecule has 2 rings (SSSR count). The number of aryl methyl sites for hydroxylation is 1. The van der Waals surface area contributed by atoms with Crippen LogP contribution in [0.25, 0.3) is 0 Å². The standard InChI is InChI=1S/C16H18N2O3/c1-3-21-16(20)14(18-12(2)9-10-17-18)11-15(19)13-7-5-4-6-8-13/h4-10,14H,3,11H2,1-2H3. The van der Waals surface area contributed by atoms with Gasteiger partial charge in [-0.25, -0.2) is 4.79 Å². The van der Waals surface area contributed by atoms with E-state index in [9.17, 15) is 9.59 Å². The Kier molecular flexibility index (Phi) is 4.87. The lowest BCUT2D eigenvalue weighted by molar-refractivity contribution is -0.147. The number of Topliss-reactive ketones (excluding diaryl/α,β-unsaturated/α-hetero) is 1. The summed E-state index contributed by atoms with van der Waals surface area (Å²) < 4.78 is 6.61. The molecule has 1 unspecified atom stereocenters. The van der Waals surface area contributed by atoms with Crippen molar-refractivity contribution in [3.8, 4) is 0 Å². The van der Waals surface area contributed by atoms with Crippen LogP contribution in [0.3, 0.4) is 0 Å². The van der Waals surface area contributed by atoms with E-state index >= 15 is 0 Å². The average Bonchev–Trinajstić information content (AvgIpc) is 2.91. The molecule has 0 saturated heterocycles. The molecule has 0 N–H and O–H groups in total. The van der Waals surface area contributed by atoms with Gasteiger partial charge in [0.2, 0.25) is 0 Å². The van der Waals surface area contributed by atoms with Gasteiger partial charge >= 0.3 is 5.97 Å². The van der Waals surface area contributed by atoms with E-state index < -0.39 is 12.0 Å². The van der Waals surface area contributed by atoms with Crippen LogP contribution in [0.15, 0.2) is 42.6 Å². The molecular formula is C16H18N2O3. The number of rotatable bonds is 6. The Bertz CT molecular complexity index is 619. The number of nitrogens with zero attached hydrogens (tertiary/aromatic N) is 2. The van der Waals surface area contributed by atoms with Crippen LogP contribution in [-0.4, -0.2) is 28.1 Å². The largest absolute Gasteiger partial charge is 0.464 e. The third-order valence-corrected chi connectivity index (χ3v) is 3.20. The molecule has 1 aromatic heterocycles. The fourth-order valence-electron chi connectivity index (χ4n) is 2.13. The van der Waals surface area contributed by atoms with Crippen LogP contribution >= 0.6 is 0 Å². The van der Waals surface area contributed by atoms with E-state index in [-0.39, 0.29) is 18.8 Å². The minimum atomic E-state index is -0.729. The third kappa shape index (κ3) is 3.56. The van der Waals surface area contributed by atoms with Crippen LogP contribution in [0.4, 0.5) is 0 Å². The molecule has 5 nitrogen and oxygen atoms in total. The zero-order valence-electron chi connectivity index (χ0n) is 12.2. The number of carbonyl (C=O) groups is 2. The van der Waals surface area contributed by atoms with E-state index in [0.29, 0.717) is 5.56 Å². The van der Waals surface area contributed by atoms with Gasteiger partial charge in [-0.05, 0) is 19.9 Å². The van der Waals surface area contributed by atoms with Gasteiger partial charge in [-0.3, -0.25) is 9.48 Å². The van der Waals surface area contributed by atoms with E-state index in [1.807, 2.05) is 13.0 Å². The lowest BCUT2D eigenvalue weighted by Crippen LogP contribution is -2.26. The molecule has 0 bridgehead atoms. The monoisotopic (exact) mass is 286 g/mol. The Morgan fingerprint density at radius 2 is 1.95 bits per heavy atom. The van der Waals surface area contributed by atoms with E-state index in [4.69, 9.17) is 4.74 Å². The molecule has 1 aromatic carbocycles. The maximum Gasteiger partial charge on any atom is 0.331 e. The van der Waals surface area contributed by atoms with Crippen molar-refractivity contribution in [2.24, 2.45) is 0 Å². The van der Waals surface area contributed by atoms with Crippen LogP contribution in [-0.2, 0) is 9.53 Å². The second-order valence-corrected chi connectivity index (χ2v) is 4.68. The summed E-state index contributed by atoms with van der Waals surface area (Å²) in [5, 5.41) is 4.13. The lowest BCUT2D eigenvalue weighted by atomic mass is 10.0. The normalized spacial score (nSPS) is 11.9. The second-order valence-electron chi connectivity index (χ2n) is 4.68. The van der Waals surface area contributed by atoms with Crippen molar-refractivity contribution in [2.45, 2.75) is 26.3 Å². The van der Waals surface area contributed by atoms with Crippen molar-refractivity contribution in [3.05, 3.63) is 53.9 Å². The molecule has 0 aliphatic carbocycles. The Labute approximate surface area is 123 Å². The topological polar surface area (TPSA) is 61.2 Å². The van der Waals surface area contributed by atoms with Gasteiger partial charge in [-0.15, -0.1) is 0 Å². The van der Waals surface area contributed by atoms with Gasteiger partial charge in [0.05, 0.1) is 6.61 Å². The quantitative estimate of drug-likeness (QED) is 0.605. The lowest BCUT2D eigenvalue weighted by Gasteiger charge is -2.17. The number of esters is 1. The highest BCUT2D eigenvalue weighted by Crippen LogP contribution is 2.18. The number of ether oxygens (including phenoxy) is 1. The first-order valence-electron chi connectivity index (χ1n) is 6.88. The van der Waals surface area contributed by atoms with E-state index in [0.717, 1.165) is 5.69 Å². The molecule has 0 aliphatic rings. The molecule has 0 aliphatic heterocycles. The first kappa shape index (κ1) is 15.0. The zero-order chi connectivity index (χ0) is 15.2. The Balaban J connectivity index is 2.23. The minimum Gasteiger partial charge on any atom is -0.464 e. The van der Waals surface area contributed by atoms with Gasteiger partial charge in [0, 0.05) is 23.9 Å². The highest BCUT2D eigenvalue weighted by molar-refractivity contribution is 5.98. The van der Waals surface area contributed by atoms with Crippen molar-refractivity contribution >= 4 is 11.8 Å². The van der Waals surface area contributed by atoms with Crippen molar-refractivity contribution in [2.75, 3.05) is 6.61 Å². The maximum atomic E-state index is 12.3. The van der Waals surface area contributed by atoms with E-state index in [2.05, 4.69) is 5.10 Å². The van der Waals surface area contributed by atoms with Crippen molar-refractivity contribution < 1.29 is 14.3 Å². The predicted molar refractivity (Wildman–Crippen MR) is 78.0 cm³/mol. The fourth-order valence-corrected chi connectivity index (χ4v) is 2.13. The predicted octanol–water partition coefficient (Wildman–Crippen LogP) is 2.57. The molecule has 0 saturated carbocycles. The summed E-state index contributed by atoms with van der Waals surface area (Å²) in [6.45, 7) is 3.85. The molecule has 0 amide bonds. The highest BCUT2D eigenvalue weighted by Gasteiger charge is 2.27. The second kappa shape index (κ2) is 6.83. The Hall–Kier alpha value is -2.43. The summed E-state index contributed by atoms with van der Waals surface area (Å²) in [4.78, 5) is 24.4. The molecule has 1 atom stereocenters. The van der Waals surface area contributed by atoms with Gasteiger partial charge in [0.1, 0.15) is 0 Å². The molecule has 1 heterocycles. The number of carbonyl (C=O) groups excluding carboxylic acids is 2. The molecule has 110 valence electrons. The minimum absolute atomic E-state index is 0.0331. The van der Waals surface area contributed by atoms with Crippen LogP contribution in [0.1, 0.15) is 35.4 Å². The van der Waals surface area contributed by atoms with Crippen molar-refractivity contribution in [3.63, 3.8) is 0 Å². The SMILES string of the molecule is CCOC(=O)C(CC(=O)c1ccccc1)n1nccc1C. The van der Waals surface area contributed by atoms with Crippen LogP contribution in [0.2, 0.25) is 0 Å². The summed E-state index contributed by atoms with van der Waals surface area (Å²) in [5.74, 6) is -0.544. The molecule has 0 fully saturated rings. The summed E-state index contributed by atoms with van der Waals surface area (Å²) >= 11 is 0. The Morgan fingerprint density at radius 1 is 1.24 bits per heavy atom. The summed E-state index contributed by atoms with van der Waals surface area (Å²) in [5.41, 5.74) is 1.39. The van der Waals surface area contributed by atoms with Gasteiger partial charge in [0.15, 0.2) is 11.8 Å². The number of hydrogen-bond acceptors (Lipinski definition) is 4. The number of ketones is 1. The molecule has 0 spiro atoms. The number of hydrogen-bond donors (Lipinski definition) is 0. The number of benzene rings is 1. The van der Waals surface area contributed by atoms with E-state index in [1.165, 1.54) is 0 Å². The van der Waals surface area contributed by atoms with Crippen molar-refractivity contribution in [1.82, 2.24) is 9.78 Å². The summed E-state index contributed by atoms with van der Waals surface area (Å²) in [7, 11) is 0.